The quantitative estimate of drug-likeness (QED) is 0.763. The van der Waals surface area contributed by atoms with E-state index in [0.29, 0.717) is 24.4 Å². The van der Waals surface area contributed by atoms with Crippen LogP contribution in [-0.2, 0) is 14.8 Å². The Bertz CT molecular complexity index is 937. The van der Waals surface area contributed by atoms with Crippen LogP contribution in [0.15, 0.2) is 59.5 Å². The van der Waals surface area contributed by atoms with E-state index < -0.39 is 15.9 Å². The minimum Gasteiger partial charge on any atom is -0.484 e. The molecule has 0 aromatic heterocycles. The van der Waals surface area contributed by atoms with Gasteiger partial charge in [0.05, 0.1) is 4.90 Å². The summed E-state index contributed by atoms with van der Waals surface area (Å²) in [5, 5.41) is 0. The molecule has 2 N–H and O–H groups in total. The molecule has 1 heterocycles. The summed E-state index contributed by atoms with van der Waals surface area (Å²) < 4.78 is 32.1. The Kier molecular flexibility index (Phi) is 5.96. The zero-order chi connectivity index (χ0) is 20.1. The SMILES string of the molecule is NC(=O)c1ccc(OCC(=O)N2CCN(S(=O)(=O)c3ccccc3)CC2)cc1. The molecule has 1 saturated heterocycles. The van der Waals surface area contributed by atoms with E-state index >= 15 is 0 Å². The lowest BCUT2D eigenvalue weighted by molar-refractivity contribution is -0.134. The van der Waals surface area contributed by atoms with Crippen molar-refractivity contribution in [1.29, 1.82) is 0 Å². The lowest BCUT2D eigenvalue weighted by atomic mass is 10.2. The summed E-state index contributed by atoms with van der Waals surface area (Å²) in [6, 6.07) is 14.4. The van der Waals surface area contributed by atoms with Crippen LogP contribution >= 0.6 is 0 Å². The molecule has 0 unspecified atom stereocenters. The number of sulfonamides is 1. The molecule has 3 rings (SSSR count). The molecule has 0 spiro atoms. The third kappa shape index (κ3) is 4.49. The van der Waals surface area contributed by atoms with E-state index in [1.807, 2.05) is 0 Å². The highest BCUT2D eigenvalue weighted by atomic mass is 32.2. The molecule has 8 nitrogen and oxygen atoms in total. The molecule has 0 bridgehead atoms. The van der Waals surface area contributed by atoms with Crippen molar-refractivity contribution in [1.82, 2.24) is 9.21 Å². The smallest absolute Gasteiger partial charge is 0.260 e. The Labute approximate surface area is 163 Å². The largest absolute Gasteiger partial charge is 0.484 e. The second kappa shape index (κ2) is 8.41. The van der Waals surface area contributed by atoms with Crippen LogP contribution in [0.4, 0.5) is 0 Å². The summed E-state index contributed by atoms with van der Waals surface area (Å²) in [5.41, 5.74) is 5.53. The molecular formula is C19H21N3O5S. The van der Waals surface area contributed by atoms with Crippen LogP contribution in [0.1, 0.15) is 10.4 Å². The predicted octanol–water partition coefficient (Wildman–Crippen LogP) is 0.697. The molecule has 2 aromatic carbocycles. The number of ether oxygens (including phenoxy) is 1. The summed E-state index contributed by atoms with van der Waals surface area (Å²) in [5.74, 6) is -0.315. The molecule has 2 amide bonds. The van der Waals surface area contributed by atoms with Gasteiger partial charge >= 0.3 is 0 Å². The van der Waals surface area contributed by atoms with Crippen molar-refractivity contribution >= 4 is 21.8 Å². The summed E-state index contributed by atoms with van der Waals surface area (Å²) in [4.78, 5) is 25.2. The fraction of sp³-hybridized carbons (Fsp3) is 0.263. The zero-order valence-corrected chi connectivity index (χ0v) is 16.0. The van der Waals surface area contributed by atoms with E-state index in [0.717, 1.165) is 0 Å². The first-order chi connectivity index (χ1) is 13.4. The van der Waals surface area contributed by atoms with Gasteiger partial charge in [-0.2, -0.15) is 4.31 Å². The van der Waals surface area contributed by atoms with E-state index in [1.165, 1.54) is 16.4 Å². The van der Waals surface area contributed by atoms with Crippen LogP contribution in [0.5, 0.6) is 5.75 Å². The second-order valence-corrected chi connectivity index (χ2v) is 8.21. The normalized spacial score (nSPS) is 15.2. The highest BCUT2D eigenvalue weighted by Crippen LogP contribution is 2.17. The summed E-state index contributed by atoms with van der Waals surface area (Å²) in [6.07, 6.45) is 0. The molecule has 9 heteroatoms. The van der Waals surface area contributed by atoms with Gasteiger partial charge in [-0.1, -0.05) is 18.2 Å². The predicted molar refractivity (Wildman–Crippen MR) is 102 cm³/mol. The number of nitrogens with two attached hydrogens (primary N) is 1. The van der Waals surface area contributed by atoms with Gasteiger partial charge < -0.3 is 15.4 Å². The number of piperazine rings is 1. The Hall–Kier alpha value is -2.91. The van der Waals surface area contributed by atoms with Crippen molar-refractivity contribution in [3.05, 3.63) is 60.2 Å². The first-order valence-corrected chi connectivity index (χ1v) is 10.2. The number of amides is 2. The molecule has 28 heavy (non-hydrogen) atoms. The van der Waals surface area contributed by atoms with Crippen molar-refractivity contribution in [2.75, 3.05) is 32.8 Å². The van der Waals surface area contributed by atoms with Crippen molar-refractivity contribution in [2.24, 2.45) is 5.73 Å². The standard InChI is InChI=1S/C19H21N3O5S/c20-19(24)15-6-8-16(9-7-15)27-14-18(23)21-10-12-22(13-11-21)28(25,26)17-4-2-1-3-5-17/h1-9H,10-14H2,(H2,20,24). The highest BCUT2D eigenvalue weighted by Gasteiger charge is 2.30. The lowest BCUT2D eigenvalue weighted by Crippen LogP contribution is -2.51. The Morgan fingerprint density at radius 1 is 0.929 bits per heavy atom. The topological polar surface area (TPSA) is 110 Å². The van der Waals surface area contributed by atoms with Crippen LogP contribution in [0.3, 0.4) is 0 Å². The molecule has 148 valence electrons. The molecule has 0 radical (unpaired) electrons. The Morgan fingerprint density at radius 3 is 2.11 bits per heavy atom. The first-order valence-electron chi connectivity index (χ1n) is 8.73. The lowest BCUT2D eigenvalue weighted by Gasteiger charge is -2.33. The minimum atomic E-state index is -3.55. The van der Waals surface area contributed by atoms with Crippen LogP contribution in [0.25, 0.3) is 0 Å². The van der Waals surface area contributed by atoms with Gasteiger partial charge in [0.2, 0.25) is 15.9 Å². The maximum Gasteiger partial charge on any atom is 0.260 e. The number of rotatable bonds is 6. The van der Waals surface area contributed by atoms with Crippen LogP contribution < -0.4 is 10.5 Å². The van der Waals surface area contributed by atoms with Gasteiger partial charge in [-0.25, -0.2) is 8.42 Å². The molecule has 1 fully saturated rings. The van der Waals surface area contributed by atoms with Crippen LogP contribution in [0, 0.1) is 0 Å². The summed E-state index contributed by atoms with van der Waals surface area (Å²) in [6.45, 7) is 0.900. The Balaban J connectivity index is 1.52. The van der Waals surface area contributed by atoms with E-state index in [9.17, 15) is 18.0 Å². The number of benzene rings is 2. The molecular weight excluding hydrogens is 382 g/mol. The number of nitrogens with zero attached hydrogens (tertiary/aromatic N) is 2. The third-order valence-corrected chi connectivity index (χ3v) is 6.39. The van der Waals surface area contributed by atoms with Crippen molar-refractivity contribution in [3.8, 4) is 5.75 Å². The summed E-state index contributed by atoms with van der Waals surface area (Å²) in [7, 11) is -3.55. The summed E-state index contributed by atoms with van der Waals surface area (Å²) >= 11 is 0. The molecule has 0 aliphatic carbocycles. The molecule has 1 aliphatic rings. The number of hydrogen-bond donors (Lipinski definition) is 1. The Morgan fingerprint density at radius 2 is 1.54 bits per heavy atom. The fourth-order valence-electron chi connectivity index (χ4n) is 2.87. The van der Waals surface area contributed by atoms with Crippen molar-refractivity contribution in [2.45, 2.75) is 4.90 Å². The van der Waals surface area contributed by atoms with Gasteiger partial charge in [0.25, 0.3) is 5.91 Å². The average Bonchev–Trinajstić information content (AvgIpc) is 2.73. The van der Waals surface area contributed by atoms with Gasteiger partial charge in [-0.15, -0.1) is 0 Å². The number of carbonyl (C=O) groups is 2. The van der Waals surface area contributed by atoms with Gasteiger partial charge in [-0.05, 0) is 36.4 Å². The fourth-order valence-corrected chi connectivity index (χ4v) is 4.31. The van der Waals surface area contributed by atoms with Gasteiger partial charge in [0.1, 0.15) is 5.75 Å². The monoisotopic (exact) mass is 403 g/mol. The van der Waals surface area contributed by atoms with Gasteiger partial charge in [-0.3, -0.25) is 9.59 Å². The van der Waals surface area contributed by atoms with Gasteiger partial charge in [0.15, 0.2) is 6.61 Å². The first kappa shape index (κ1) is 19.8. The molecule has 2 aromatic rings. The van der Waals surface area contributed by atoms with E-state index in [2.05, 4.69) is 0 Å². The van der Waals surface area contributed by atoms with E-state index in [4.69, 9.17) is 10.5 Å². The molecule has 1 aliphatic heterocycles. The highest BCUT2D eigenvalue weighted by molar-refractivity contribution is 7.89. The number of carbonyl (C=O) groups excluding carboxylic acids is 2. The minimum absolute atomic E-state index is 0.165. The van der Waals surface area contributed by atoms with Crippen molar-refractivity contribution < 1.29 is 22.7 Å². The van der Waals surface area contributed by atoms with E-state index in [1.54, 1.807) is 47.4 Å². The number of hydrogen-bond acceptors (Lipinski definition) is 5. The third-order valence-electron chi connectivity index (χ3n) is 4.47. The van der Waals surface area contributed by atoms with Crippen molar-refractivity contribution in [3.63, 3.8) is 0 Å². The van der Waals surface area contributed by atoms with Crippen LogP contribution in [-0.4, -0.2) is 62.2 Å². The average molecular weight is 403 g/mol. The zero-order valence-electron chi connectivity index (χ0n) is 15.2. The van der Waals surface area contributed by atoms with Gasteiger partial charge in [0, 0.05) is 31.7 Å². The second-order valence-electron chi connectivity index (χ2n) is 6.28. The maximum absolute atomic E-state index is 12.6. The van der Waals surface area contributed by atoms with E-state index in [-0.39, 0.29) is 30.5 Å². The molecule has 0 saturated carbocycles. The molecule has 0 atom stereocenters. The number of primary amides is 1. The van der Waals surface area contributed by atoms with Crippen LogP contribution in [0.2, 0.25) is 0 Å². The maximum atomic E-state index is 12.6.